The number of ether oxygens (including phenoxy) is 1. The van der Waals surface area contributed by atoms with Gasteiger partial charge in [-0.05, 0) is 49.9 Å². The fraction of sp³-hybridized carbons (Fsp3) is 0.611. The van der Waals surface area contributed by atoms with Crippen LogP contribution >= 0.6 is 0 Å². The summed E-state index contributed by atoms with van der Waals surface area (Å²) in [7, 11) is -2.26. The molecule has 0 fully saturated rings. The fourth-order valence-electron chi connectivity index (χ4n) is 2.42. The number of hydrogen-bond donors (Lipinski definition) is 2. The molecule has 0 aliphatic heterocycles. The zero-order valence-electron chi connectivity index (χ0n) is 15.6. The summed E-state index contributed by atoms with van der Waals surface area (Å²) in [5, 5.41) is 9.47. The molecule has 148 valence electrons. The van der Waals surface area contributed by atoms with Crippen molar-refractivity contribution in [2.75, 3.05) is 26.0 Å². The number of carboxylic acids is 1. The molecule has 1 rings (SSSR count). The Kier molecular flexibility index (Phi) is 9.61. The number of likely N-dealkylation sites (N-methyl/N-ethyl adjacent to an activating group) is 1. The van der Waals surface area contributed by atoms with Crippen LogP contribution in [0.5, 0.6) is 5.75 Å². The Bertz CT molecular complexity index is 646. The summed E-state index contributed by atoms with van der Waals surface area (Å²) in [6.45, 7) is 3.10. The number of nitrogens with two attached hydrogens (primary N) is 1. The summed E-state index contributed by atoms with van der Waals surface area (Å²) < 4.78 is 31.1. The van der Waals surface area contributed by atoms with E-state index >= 15 is 0 Å². The van der Waals surface area contributed by atoms with Crippen LogP contribution in [-0.2, 0) is 21.2 Å². The third kappa shape index (κ3) is 7.31. The van der Waals surface area contributed by atoms with E-state index < -0.39 is 22.0 Å². The van der Waals surface area contributed by atoms with Gasteiger partial charge in [0.15, 0.2) is 0 Å². The molecule has 3 N–H and O–H groups in total. The van der Waals surface area contributed by atoms with Crippen molar-refractivity contribution in [3.8, 4) is 5.75 Å². The van der Waals surface area contributed by atoms with Gasteiger partial charge in [0.05, 0.1) is 12.4 Å². The quantitative estimate of drug-likeness (QED) is 0.501. The smallest absolute Gasteiger partial charge is 0.322 e. The predicted octanol–water partition coefficient (Wildman–Crippen LogP) is 1.86. The molecule has 1 unspecified atom stereocenters. The number of benzene rings is 1. The van der Waals surface area contributed by atoms with Crippen LogP contribution < -0.4 is 10.5 Å². The first kappa shape index (κ1) is 22.4. The zero-order valence-corrected chi connectivity index (χ0v) is 16.4. The number of hydrogen-bond acceptors (Lipinski definition) is 5. The molecule has 8 heteroatoms. The van der Waals surface area contributed by atoms with E-state index in [1.807, 2.05) is 6.92 Å². The minimum Gasteiger partial charge on any atom is -0.494 e. The van der Waals surface area contributed by atoms with Crippen LogP contribution in [0.2, 0.25) is 0 Å². The molecule has 0 aliphatic carbocycles. The number of carboxylic acid groups (broad SMARTS) is 1. The van der Waals surface area contributed by atoms with Crippen LogP contribution in [0.3, 0.4) is 0 Å². The van der Waals surface area contributed by atoms with Gasteiger partial charge in [0.2, 0.25) is 10.0 Å². The first-order valence-corrected chi connectivity index (χ1v) is 10.5. The lowest BCUT2D eigenvalue weighted by Crippen LogP contribution is -2.44. The molecule has 1 aromatic rings. The molecule has 0 bridgehead atoms. The molecular formula is C18H30N2O5S. The van der Waals surface area contributed by atoms with Gasteiger partial charge >= 0.3 is 5.97 Å². The molecule has 1 atom stereocenters. The third-order valence-corrected chi connectivity index (χ3v) is 6.07. The van der Waals surface area contributed by atoms with Crippen molar-refractivity contribution in [3.63, 3.8) is 0 Å². The van der Waals surface area contributed by atoms with Gasteiger partial charge in [0.25, 0.3) is 0 Å². The van der Waals surface area contributed by atoms with E-state index in [-0.39, 0.29) is 12.2 Å². The van der Waals surface area contributed by atoms with Gasteiger partial charge in [-0.1, -0.05) is 25.5 Å². The van der Waals surface area contributed by atoms with Crippen LogP contribution in [0.15, 0.2) is 24.3 Å². The van der Waals surface area contributed by atoms with Crippen LogP contribution in [0.25, 0.3) is 0 Å². The lowest BCUT2D eigenvalue weighted by atomic mass is 10.1. The first-order chi connectivity index (χ1) is 12.3. The monoisotopic (exact) mass is 386 g/mol. The van der Waals surface area contributed by atoms with Gasteiger partial charge in [-0.3, -0.25) is 4.79 Å². The van der Waals surface area contributed by atoms with E-state index in [0.717, 1.165) is 29.1 Å². The Hall–Kier alpha value is -1.64. The van der Waals surface area contributed by atoms with E-state index in [0.29, 0.717) is 25.3 Å². The minimum atomic E-state index is -3.59. The highest BCUT2D eigenvalue weighted by Crippen LogP contribution is 2.17. The van der Waals surface area contributed by atoms with Crippen LogP contribution in [0, 0.1) is 0 Å². The summed E-state index contributed by atoms with van der Waals surface area (Å²) in [6.07, 6.45) is 3.12. The maximum atomic E-state index is 12.3. The average Bonchev–Trinajstić information content (AvgIpc) is 2.62. The second-order valence-corrected chi connectivity index (χ2v) is 8.38. The van der Waals surface area contributed by atoms with Gasteiger partial charge in [-0.25, -0.2) is 8.42 Å². The normalized spacial score (nSPS) is 12.9. The van der Waals surface area contributed by atoms with Crippen molar-refractivity contribution in [3.05, 3.63) is 29.8 Å². The Morgan fingerprint density at radius 2 is 1.88 bits per heavy atom. The highest BCUT2D eigenvalue weighted by molar-refractivity contribution is 7.89. The van der Waals surface area contributed by atoms with Crippen molar-refractivity contribution < 1.29 is 23.1 Å². The van der Waals surface area contributed by atoms with Crippen molar-refractivity contribution in [2.24, 2.45) is 5.73 Å². The standard InChI is InChI=1S/C18H30N2O5S/c1-3-4-13-26(23,24)20(2)17(18(21)22)14-15-7-9-16(10-8-15)25-12-6-5-11-19/h7-10,17H,3-6,11-14,19H2,1-2H3,(H,21,22). The van der Waals surface area contributed by atoms with Crippen LogP contribution in [0.1, 0.15) is 38.2 Å². The van der Waals surface area contributed by atoms with Gasteiger partial charge in [0, 0.05) is 7.05 Å². The molecule has 0 saturated carbocycles. The third-order valence-electron chi connectivity index (χ3n) is 4.14. The Morgan fingerprint density at radius 1 is 1.23 bits per heavy atom. The molecule has 0 aromatic heterocycles. The van der Waals surface area contributed by atoms with E-state index in [9.17, 15) is 18.3 Å². The SMILES string of the molecule is CCCCS(=O)(=O)N(C)C(Cc1ccc(OCCCCN)cc1)C(=O)O. The molecule has 7 nitrogen and oxygen atoms in total. The Balaban J connectivity index is 2.74. The van der Waals surface area contributed by atoms with Crippen molar-refractivity contribution in [2.45, 2.75) is 45.1 Å². The predicted molar refractivity (Wildman–Crippen MR) is 102 cm³/mol. The highest BCUT2D eigenvalue weighted by Gasteiger charge is 2.31. The first-order valence-electron chi connectivity index (χ1n) is 8.92. The lowest BCUT2D eigenvalue weighted by Gasteiger charge is -2.24. The minimum absolute atomic E-state index is 0.0423. The summed E-state index contributed by atoms with van der Waals surface area (Å²) >= 11 is 0. The Morgan fingerprint density at radius 3 is 2.42 bits per heavy atom. The maximum Gasteiger partial charge on any atom is 0.322 e. The number of rotatable bonds is 13. The molecule has 0 aliphatic rings. The fourth-order valence-corrected chi connectivity index (χ4v) is 3.91. The summed E-state index contributed by atoms with van der Waals surface area (Å²) in [5.74, 6) is -0.504. The van der Waals surface area contributed by atoms with Crippen molar-refractivity contribution in [1.29, 1.82) is 0 Å². The van der Waals surface area contributed by atoms with Crippen LogP contribution in [-0.4, -0.2) is 55.8 Å². The number of aliphatic carboxylic acids is 1. The van der Waals surface area contributed by atoms with E-state index in [4.69, 9.17) is 10.5 Å². The van der Waals surface area contributed by atoms with Gasteiger partial charge < -0.3 is 15.6 Å². The van der Waals surface area contributed by atoms with E-state index in [1.54, 1.807) is 24.3 Å². The lowest BCUT2D eigenvalue weighted by molar-refractivity contribution is -0.141. The highest BCUT2D eigenvalue weighted by atomic mass is 32.2. The van der Waals surface area contributed by atoms with Gasteiger partial charge in [-0.15, -0.1) is 0 Å². The summed E-state index contributed by atoms with van der Waals surface area (Å²) in [6, 6.07) is 5.93. The van der Waals surface area contributed by atoms with E-state index in [2.05, 4.69) is 0 Å². The largest absolute Gasteiger partial charge is 0.494 e. The molecule has 0 saturated heterocycles. The zero-order chi connectivity index (χ0) is 19.6. The number of sulfonamides is 1. The molecule has 0 spiro atoms. The summed E-state index contributed by atoms with van der Waals surface area (Å²) in [5.41, 5.74) is 6.17. The molecule has 0 heterocycles. The van der Waals surface area contributed by atoms with E-state index in [1.165, 1.54) is 7.05 Å². The molecule has 1 aromatic carbocycles. The molecule has 0 radical (unpaired) electrons. The second-order valence-electron chi connectivity index (χ2n) is 6.23. The van der Waals surface area contributed by atoms with Crippen molar-refractivity contribution >= 4 is 16.0 Å². The van der Waals surface area contributed by atoms with Crippen molar-refractivity contribution in [1.82, 2.24) is 4.31 Å². The van der Waals surface area contributed by atoms with Crippen LogP contribution in [0.4, 0.5) is 0 Å². The summed E-state index contributed by atoms with van der Waals surface area (Å²) in [4.78, 5) is 11.6. The maximum absolute atomic E-state index is 12.3. The topological polar surface area (TPSA) is 110 Å². The number of carbonyl (C=O) groups is 1. The number of unbranched alkanes of at least 4 members (excludes halogenated alkanes) is 2. The number of nitrogens with zero attached hydrogens (tertiary/aromatic N) is 1. The molecule has 0 amide bonds. The Labute approximate surface area is 156 Å². The van der Waals surface area contributed by atoms with Gasteiger partial charge in [0.1, 0.15) is 11.8 Å². The average molecular weight is 387 g/mol. The second kappa shape index (κ2) is 11.2. The molecule has 26 heavy (non-hydrogen) atoms. The molecular weight excluding hydrogens is 356 g/mol. The van der Waals surface area contributed by atoms with Gasteiger partial charge in [-0.2, -0.15) is 4.31 Å².